The number of piperidine rings is 1. The topological polar surface area (TPSA) is 77.9 Å². The molecule has 0 aliphatic carbocycles. The summed E-state index contributed by atoms with van der Waals surface area (Å²) in [5, 5.41) is 8.89. The third kappa shape index (κ3) is 3.21. The van der Waals surface area contributed by atoms with Crippen molar-refractivity contribution in [2.24, 2.45) is 11.8 Å². The number of aliphatic carboxylic acids is 1. The molecule has 18 heavy (non-hydrogen) atoms. The lowest BCUT2D eigenvalue weighted by atomic mass is 9.94. The number of rotatable bonds is 4. The van der Waals surface area contributed by atoms with Crippen LogP contribution in [-0.2, 0) is 15.0 Å². The highest BCUT2D eigenvalue weighted by Gasteiger charge is 2.36. The van der Waals surface area contributed by atoms with Crippen LogP contribution >= 0.6 is 0 Å². The van der Waals surface area contributed by atoms with Crippen LogP contribution < -0.4 is 0 Å². The number of nitrogens with zero attached hydrogens (tertiary/aromatic N) is 2. The number of carboxylic acids is 1. The third-order valence-electron chi connectivity index (χ3n) is 3.43. The fraction of sp³-hybridized carbons (Fsp3) is 0.909. The van der Waals surface area contributed by atoms with Gasteiger partial charge in [0.2, 0.25) is 0 Å². The number of hydrogen-bond donors (Lipinski definition) is 1. The lowest BCUT2D eigenvalue weighted by Gasteiger charge is -2.37. The molecule has 0 saturated carbocycles. The summed E-state index contributed by atoms with van der Waals surface area (Å²) in [6.45, 7) is 6.32. The number of carbonyl (C=O) groups is 1. The largest absolute Gasteiger partial charge is 0.480 e. The van der Waals surface area contributed by atoms with Gasteiger partial charge in [0.25, 0.3) is 10.2 Å². The lowest BCUT2D eigenvalue weighted by molar-refractivity contribution is -0.140. The van der Waals surface area contributed by atoms with Crippen molar-refractivity contribution in [3.8, 4) is 0 Å². The Morgan fingerprint density at radius 3 is 2.17 bits per heavy atom. The van der Waals surface area contributed by atoms with E-state index in [2.05, 4.69) is 0 Å². The first-order valence-electron chi connectivity index (χ1n) is 6.12. The van der Waals surface area contributed by atoms with E-state index in [4.69, 9.17) is 5.11 Å². The second-order valence-corrected chi connectivity index (χ2v) is 7.29. The molecule has 1 aliphatic rings. The van der Waals surface area contributed by atoms with E-state index in [1.54, 1.807) is 0 Å². The molecule has 0 amide bonds. The molecule has 1 N–H and O–H groups in total. The van der Waals surface area contributed by atoms with Crippen molar-refractivity contribution in [2.75, 3.05) is 20.1 Å². The maximum absolute atomic E-state index is 12.3. The van der Waals surface area contributed by atoms with Gasteiger partial charge in [0.05, 0.1) is 0 Å². The summed E-state index contributed by atoms with van der Waals surface area (Å²) in [5.74, 6) is -0.534. The van der Waals surface area contributed by atoms with Gasteiger partial charge in [0.1, 0.15) is 6.04 Å². The van der Waals surface area contributed by atoms with Crippen molar-refractivity contribution in [3.63, 3.8) is 0 Å². The molecule has 1 fully saturated rings. The number of likely N-dealkylation sites (N-methyl/N-ethyl adjacent to an activating group) is 1. The number of carboxylic acid groups (broad SMARTS) is 1. The van der Waals surface area contributed by atoms with Crippen molar-refractivity contribution in [1.82, 2.24) is 8.61 Å². The van der Waals surface area contributed by atoms with Crippen LogP contribution in [0.25, 0.3) is 0 Å². The van der Waals surface area contributed by atoms with Gasteiger partial charge >= 0.3 is 5.97 Å². The van der Waals surface area contributed by atoms with Gasteiger partial charge in [-0.15, -0.1) is 0 Å². The summed E-state index contributed by atoms with van der Waals surface area (Å²) >= 11 is 0. The van der Waals surface area contributed by atoms with Crippen LogP contribution in [0.4, 0.5) is 0 Å². The molecular weight excluding hydrogens is 256 g/mol. The minimum absolute atomic E-state index is 0.303. The van der Waals surface area contributed by atoms with E-state index in [0.29, 0.717) is 24.9 Å². The molecule has 1 rings (SSSR count). The predicted molar refractivity (Wildman–Crippen MR) is 68.3 cm³/mol. The summed E-state index contributed by atoms with van der Waals surface area (Å²) in [5.41, 5.74) is 0. The molecule has 0 aromatic heterocycles. The van der Waals surface area contributed by atoms with E-state index in [1.807, 2.05) is 13.8 Å². The molecule has 106 valence electrons. The van der Waals surface area contributed by atoms with Gasteiger partial charge in [-0.3, -0.25) is 4.79 Å². The van der Waals surface area contributed by atoms with Crippen molar-refractivity contribution in [2.45, 2.75) is 33.2 Å². The molecule has 0 bridgehead atoms. The van der Waals surface area contributed by atoms with Crippen LogP contribution in [0.15, 0.2) is 0 Å². The average Bonchev–Trinajstić information content (AvgIpc) is 2.25. The summed E-state index contributed by atoms with van der Waals surface area (Å²) in [6, 6.07) is -1.05. The summed E-state index contributed by atoms with van der Waals surface area (Å²) in [7, 11) is -2.37. The zero-order valence-electron chi connectivity index (χ0n) is 11.3. The Morgan fingerprint density at radius 2 is 1.78 bits per heavy atom. The van der Waals surface area contributed by atoms with E-state index in [9.17, 15) is 13.2 Å². The van der Waals surface area contributed by atoms with Crippen molar-refractivity contribution in [3.05, 3.63) is 0 Å². The van der Waals surface area contributed by atoms with Gasteiger partial charge in [-0.2, -0.15) is 17.0 Å². The van der Waals surface area contributed by atoms with Crippen molar-refractivity contribution >= 4 is 16.2 Å². The highest BCUT2D eigenvalue weighted by molar-refractivity contribution is 7.86. The highest BCUT2D eigenvalue weighted by atomic mass is 32.2. The zero-order valence-corrected chi connectivity index (χ0v) is 12.1. The van der Waals surface area contributed by atoms with E-state index in [-0.39, 0.29) is 0 Å². The molecule has 1 heterocycles. The molecule has 3 unspecified atom stereocenters. The molecular formula is C11H22N2O4S. The zero-order chi connectivity index (χ0) is 14.1. The maximum atomic E-state index is 12.3. The predicted octanol–water partition coefficient (Wildman–Crippen LogP) is 0.614. The Morgan fingerprint density at radius 1 is 1.33 bits per heavy atom. The summed E-state index contributed by atoms with van der Waals surface area (Å²) in [6.07, 6.45) is 1.00. The number of hydrogen-bond acceptors (Lipinski definition) is 3. The van der Waals surface area contributed by atoms with Crippen LogP contribution in [0.2, 0.25) is 0 Å². The summed E-state index contributed by atoms with van der Waals surface area (Å²) < 4.78 is 26.9. The Kier molecular flexibility index (Phi) is 4.74. The van der Waals surface area contributed by atoms with E-state index < -0.39 is 22.2 Å². The van der Waals surface area contributed by atoms with Gasteiger partial charge in [-0.25, -0.2) is 0 Å². The minimum Gasteiger partial charge on any atom is -0.480 e. The Bertz CT molecular complexity index is 399. The molecule has 0 spiro atoms. The van der Waals surface area contributed by atoms with Crippen molar-refractivity contribution < 1.29 is 18.3 Å². The molecule has 0 radical (unpaired) electrons. The van der Waals surface area contributed by atoms with Gasteiger partial charge < -0.3 is 5.11 Å². The van der Waals surface area contributed by atoms with Crippen LogP contribution in [0.5, 0.6) is 0 Å². The lowest BCUT2D eigenvalue weighted by Crippen LogP contribution is -2.52. The normalized spacial score (nSPS) is 28.3. The van der Waals surface area contributed by atoms with Crippen LogP contribution in [-0.4, -0.2) is 54.3 Å². The fourth-order valence-electron chi connectivity index (χ4n) is 2.33. The van der Waals surface area contributed by atoms with Crippen LogP contribution in [0, 0.1) is 11.8 Å². The smallest absolute Gasteiger partial charge is 0.321 e. The van der Waals surface area contributed by atoms with Crippen LogP contribution in [0.1, 0.15) is 27.2 Å². The Balaban J connectivity index is 2.89. The van der Waals surface area contributed by atoms with E-state index in [1.165, 1.54) is 18.3 Å². The second kappa shape index (κ2) is 5.54. The third-order valence-corrected chi connectivity index (χ3v) is 5.42. The van der Waals surface area contributed by atoms with E-state index >= 15 is 0 Å². The highest BCUT2D eigenvalue weighted by Crippen LogP contribution is 2.24. The molecule has 1 saturated heterocycles. The monoisotopic (exact) mass is 278 g/mol. The van der Waals surface area contributed by atoms with Gasteiger partial charge in [0.15, 0.2) is 0 Å². The average molecular weight is 278 g/mol. The van der Waals surface area contributed by atoms with Crippen molar-refractivity contribution in [1.29, 1.82) is 0 Å². The fourth-order valence-corrected chi connectivity index (χ4v) is 4.07. The molecule has 1 aliphatic heterocycles. The SMILES string of the molecule is CC1CC(C)CN(S(=O)(=O)N(C)C(C)C(=O)O)C1. The molecule has 6 nitrogen and oxygen atoms in total. The van der Waals surface area contributed by atoms with Gasteiger partial charge in [0, 0.05) is 20.1 Å². The summed E-state index contributed by atoms with van der Waals surface area (Å²) in [4.78, 5) is 10.9. The molecule has 3 atom stereocenters. The Hall–Kier alpha value is -0.660. The molecule has 7 heteroatoms. The second-order valence-electron chi connectivity index (χ2n) is 5.30. The van der Waals surface area contributed by atoms with Crippen LogP contribution in [0.3, 0.4) is 0 Å². The van der Waals surface area contributed by atoms with E-state index in [0.717, 1.165) is 10.7 Å². The maximum Gasteiger partial charge on any atom is 0.321 e. The Labute approximate surface area is 109 Å². The molecule has 0 aromatic rings. The first kappa shape index (κ1) is 15.4. The first-order valence-corrected chi connectivity index (χ1v) is 7.51. The quantitative estimate of drug-likeness (QED) is 0.817. The minimum atomic E-state index is -3.69. The van der Waals surface area contributed by atoms with Gasteiger partial charge in [-0.1, -0.05) is 13.8 Å². The first-order chi connectivity index (χ1) is 8.16. The van der Waals surface area contributed by atoms with Gasteiger partial charge in [-0.05, 0) is 25.2 Å². The standard InChI is InChI=1S/C11H22N2O4S/c1-8-5-9(2)7-13(6-8)18(16,17)12(4)10(3)11(14)15/h8-10H,5-7H2,1-4H3,(H,14,15). The molecule has 0 aromatic carbocycles.